The Kier molecular flexibility index (Phi) is 11.9. The van der Waals surface area contributed by atoms with Gasteiger partial charge in [0.2, 0.25) is 0 Å². The van der Waals surface area contributed by atoms with Gasteiger partial charge in [0.15, 0.2) is 0 Å². The molecule has 38 heavy (non-hydrogen) atoms. The number of nitrogens with zero attached hydrogens (tertiary/aromatic N) is 2. The maximum Gasteiger partial charge on any atom is 0.697 e. The smallest absolute Gasteiger partial charge is 0.389 e. The molecule has 0 fully saturated rings. The molecule has 0 saturated heterocycles. The summed E-state index contributed by atoms with van der Waals surface area (Å²) in [6, 6.07) is 13.0. The van der Waals surface area contributed by atoms with Crippen LogP contribution in [0.5, 0.6) is 0 Å². The molecule has 0 bridgehead atoms. The van der Waals surface area contributed by atoms with Crippen molar-refractivity contribution in [1.29, 1.82) is 0 Å². The van der Waals surface area contributed by atoms with Crippen LogP contribution in [0.1, 0.15) is 32.4 Å². The van der Waals surface area contributed by atoms with Crippen LogP contribution in [0.2, 0.25) is 5.02 Å². The Labute approximate surface area is 227 Å². The van der Waals surface area contributed by atoms with E-state index in [0.717, 1.165) is 11.1 Å². The first-order chi connectivity index (χ1) is 18.2. The lowest BCUT2D eigenvalue weighted by Crippen LogP contribution is -2.34. The summed E-state index contributed by atoms with van der Waals surface area (Å²) in [5, 5.41) is 16.9. The van der Waals surface area contributed by atoms with E-state index in [9.17, 15) is 18.6 Å². The van der Waals surface area contributed by atoms with Crippen LogP contribution in [-0.4, -0.2) is 46.9 Å². The van der Waals surface area contributed by atoms with Crippen molar-refractivity contribution in [3.63, 3.8) is 0 Å². The van der Waals surface area contributed by atoms with Crippen molar-refractivity contribution in [3.8, 4) is 16.8 Å². The Hall–Kier alpha value is -2.13. The van der Waals surface area contributed by atoms with E-state index in [-0.39, 0.29) is 51.5 Å². The van der Waals surface area contributed by atoms with Crippen LogP contribution in [-0.2, 0) is 33.6 Å². The summed E-state index contributed by atoms with van der Waals surface area (Å²) in [7, 11) is -4.64. The number of aliphatic hydroxyl groups is 1. The van der Waals surface area contributed by atoms with E-state index in [2.05, 4.69) is 0 Å². The van der Waals surface area contributed by atoms with Gasteiger partial charge in [-0.05, 0) is 55.8 Å². The van der Waals surface area contributed by atoms with Gasteiger partial charge in [0.05, 0.1) is 17.0 Å². The third-order valence-electron chi connectivity index (χ3n) is 5.53. The van der Waals surface area contributed by atoms with E-state index >= 15 is 0 Å². The van der Waals surface area contributed by atoms with Crippen LogP contribution in [0, 0.1) is 5.82 Å². The minimum absolute atomic E-state index is 0.0573. The molecule has 1 heterocycles. The Bertz CT molecular complexity index is 1190. The highest BCUT2D eigenvalue weighted by Gasteiger charge is 2.34. The fourth-order valence-corrected chi connectivity index (χ4v) is 4.83. The molecular formula is C25H30ClFN2O7P2+2. The lowest BCUT2D eigenvalue weighted by molar-refractivity contribution is -0.00124. The molecule has 0 saturated carbocycles. The van der Waals surface area contributed by atoms with Gasteiger partial charge in [0.1, 0.15) is 32.2 Å². The summed E-state index contributed by atoms with van der Waals surface area (Å²) in [5.41, 5.74) is 1.28. The number of hydrogen-bond donors (Lipinski definition) is 1. The Morgan fingerprint density at radius 2 is 1.47 bits per heavy atom. The average molecular weight is 587 g/mol. The van der Waals surface area contributed by atoms with Crippen LogP contribution in [0.15, 0.2) is 54.7 Å². The molecule has 0 spiro atoms. The Morgan fingerprint density at radius 1 is 0.921 bits per heavy atom. The summed E-state index contributed by atoms with van der Waals surface area (Å²) in [6.45, 7) is 3.72. The molecule has 13 heteroatoms. The minimum atomic E-state index is -2.32. The third-order valence-corrected chi connectivity index (χ3v) is 7.51. The minimum Gasteiger partial charge on any atom is -0.389 e. The molecule has 0 aliphatic carbocycles. The standard InChI is InChI=1S/C25H30ClFN2O7P2/c1-3-33-37(31)35-15-13-25(30,14-16-36-38(32)34-4-2)17-24-23(19-5-7-20(26)8-6-19)18-29(28-24)22-11-9-21(27)10-12-22/h5-12,18,30H,3-4,13-17H2,1-2H3/q+2. The second-order valence-corrected chi connectivity index (χ2v) is 10.6. The highest BCUT2D eigenvalue weighted by atomic mass is 35.5. The molecule has 9 nitrogen and oxygen atoms in total. The highest BCUT2D eigenvalue weighted by Crippen LogP contribution is 2.33. The van der Waals surface area contributed by atoms with E-state index in [4.69, 9.17) is 34.8 Å². The molecule has 2 aromatic carbocycles. The molecule has 0 radical (unpaired) electrons. The summed E-state index contributed by atoms with van der Waals surface area (Å²) >= 11 is 6.08. The largest absolute Gasteiger partial charge is 0.697 e. The lowest BCUT2D eigenvalue weighted by Gasteiger charge is -2.26. The molecule has 204 valence electrons. The highest BCUT2D eigenvalue weighted by molar-refractivity contribution is 7.33. The SMILES string of the molecule is CCO[P+](=O)OCCC(O)(CCO[P+](=O)OCC)Cc1nn(-c2ccc(F)cc2)cc1-c1ccc(Cl)cc1. The number of aromatic nitrogens is 2. The zero-order chi connectivity index (χ0) is 27.5. The summed E-state index contributed by atoms with van der Waals surface area (Å²) < 4.78 is 59.0. The molecule has 2 atom stereocenters. The quantitative estimate of drug-likeness (QED) is 0.182. The van der Waals surface area contributed by atoms with Crippen molar-refractivity contribution in [2.45, 2.75) is 38.7 Å². The van der Waals surface area contributed by atoms with E-state index in [0.29, 0.717) is 16.4 Å². The Balaban J connectivity index is 1.90. The van der Waals surface area contributed by atoms with Gasteiger partial charge in [-0.2, -0.15) is 5.10 Å². The topological polar surface area (TPSA) is 109 Å². The van der Waals surface area contributed by atoms with Crippen molar-refractivity contribution >= 4 is 28.1 Å². The molecule has 3 aromatic rings. The first kappa shape index (κ1) is 30.4. The van der Waals surface area contributed by atoms with Crippen LogP contribution >= 0.6 is 28.1 Å². The fourth-order valence-electron chi connectivity index (χ4n) is 3.66. The fraction of sp³-hybridized carbons (Fsp3) is 0.400. The van der Waals surface area contributed by atoms with Crippen molar-refractivity contribution in [1.82, 2.24) is 9.78 Å². The van der Waals surface area contributed by atoms with E-state index in [1.165, 1.54) is 12.1 Å². The van der Waals surface area contributed by atoms with Crippen molar-refractivity contribution < 1.29 is 36.7 Å². The third kappa shape index (κ3) is 9.26. The number of rotatable bonds is 16. The summed E-state index contributed by atoms with van der Waals surface area (Å²) in [5.74, 6) is -0.371. The van der Waals surface area contributed by atoms with Crippen molar-refractivity contribution in [3.05, 3.63) is 71.3 Å². The molecular weight excluding hydrogens is 557 g/mol. The van der Waals surface area contributed by atoms with Crippen LogP contribution in [0.4, 0.5) is 4.39 Å². The molecule has 0 aliphatic heterocycles. The van der Waals surface area contributed by atoms with Gasteiger partial charge in [-0.1, -0.05) is 23.7 Å². The number of hydrogen-bond acceptors (Lipinski definition) is 8. The number of halogens is 2. The van der Waals surface area contributed by atoms with Gasteiger partial charge in [0.25, 0.3) is 0 Å². The van der Waals surface area contributed by atoms with Crippen LogP contribution in [0.3, 0.4) is 0 Å². The molecule has 3 rings (SSSR count). The van der Waals surface area contributed by atoms with Crippen LogP contribution in [0.25, 0.3) is 16.8 Å². The monoisotopic (exact) mass is 586 g/mol. The van der Waals surface area contributed by atoms with Gasteiger partial charge < -0.3 is 5.11 Å². The molecule has 0 aliphatic rings. The summed E-state index contributed by atoms with van der Waals surface area (Å²) in [6.07, 6.45) is 1.98. The molecule has 1 N–H and O–H groups in total. The van der Waals surface area contributed by atoms with E-state index in [1.807, 2.05) is 12.1 Å². The van der Waals surface area contributed by atoms with E-state index < -0.39 is 22.1 Å². The van der Waals surface area contributed by atoms with Gasteiger partial charge >= 0.3 is 16.5 Å². The van der Waals surface area contributed by atoms with Gasteiger partial charge in [-0.3, -0.25) is 0 Å². The normalized spacial score (nSPS) is 13.8. The number of benzene rings is 2. The van der Waals surface area contributed by atoms with E-state index in [1.54, 1.807) is 49.0 Å². The lowest BCUT2D eigenvalue weighted by atomic mass is 9.89. The average Bonchev–Trinajstić information content (AvgIpc) is 3.28. The molecule has 1 aromatic heterocycles. The van der Waals surface area contributed by atoms with Crippen molar-refractivity contribution in [2.75, 3.05) is 26.4 Å². The predicted molar refractivity (Wildman–Crippen MR) is 142 cm³/mol. The Morgan fingerprint density at radius 3 is 2.00 bits per heavy atom. The van der Waals surface area contributed by atoms with Crippen LogP contribution < -0.4 is 0 Å². The maximum atomic E-state index is 13.5. The van der Waals surface area contributed by atoms with Gasteiger partial charge in [-0.25, -0.2) is 9.07 Å². The molecule has 0 amide bonds. The first-order valence-electron chi connectivity index (χ1n) is 12.0. The maximum absolute atomic E-state index is 13.5. The molecule has 2 unspecified atom stereocenters. The second-order valence-electron chi connectivity index (χ2n) is 8.27. The first-order valence-corrected chi connectivity index (χ1v) is 14.6. The van der Waals surface area contributed by atoms with Gasteiger partial charge in [0, 0.05) is 45.2 Å². The zero-order valence-corrected chi connectivity index (χ0v) is 23.6. The van der Waals surface area contributed by atoms with Gasteiger partial charge in [-0.15, -0.1) is 18.1 Å². The zero-order valence-electron chi connectivity index (χ0n) is 21.1. The summed E-state index contributed by atoms with van der Waals surface area (Å²) in [4.78, 5) is 0. The second kappa shape index (κ2) is 14.9. The van der Waals surface area contributed by atoms with Crippen molar-refractivity contribution in [2.24, 2.45) is 0 Å². The predicted octanol–water partition coefficient (Wildman–Crippen LogP) is 6.81.